The maximum atomic E-state index is 13.6. The molecule has 9 heteroatoms. The molecule has 6 nitrogen and oxygen atoms in total. The molecule has 0 saturated carbocycles. The second-order valence-corrected chi connectivity index (χ2v) is 7.06. The van der Waals surface area contributed by atoms with Gasteiger partial charge in [0.2, 0.25) is 10.0 Å². The molecule has 0 aliphatic carbocycles. The van der Waals surface area contributed by atoms with E-state index >= 15 is 0 Å². The number of halogens is 2. The molecule has 1 aliphatic heterocycles. The Labute approximate surface area is 126 Å². The molecular formula is C12H14ClFN2O4S. The van der Waals surface area contributed by atoms with Crippen LogP contribution >= 0.6 is 11.6 Å². The van der Waals surface area contributed by atoms with Gasteiger partial charge in [-0.2, -0.15) is 0 Å². The summed E-state index contributed by atoms with van der Waals surface area (Å²) in [5.41, 5.74) is -0.730. The number of primary sulfonamides is 1. The van der Waals surface area contributed by atoms with Gasteiger partial charge in [-0.3, -0.25) is 4.79 Å². The summed E-state index contributed by atoms with van der Waals surface area (Å²) in [6, 6.07) is 1.59. The monoisotopic (exact) mass is 336 g/mol. The number of amides is 1. The normalized spacial score (nSPS) is 22.3. The number of nitrogens with two attached hydrogens (primary N) is 1. The van der Waals surface area contributed by atoms with Crippen LogP contribution in [0.1, 0.15) is 23.7 Å². The topological polar surface area (TPSA) is 98.5 Å². The molecular weight excluding hydrogens is 323 g/mol. The molecule has 3 N–H and O–H groups in total. The number of rotatable bonds is 3. The number of carbonyl (C=O) groups is 1. The summed E-state index contributed by atoms with van der Waals surface area (Å²) in [7, 11) is -4.29. The molecule has 1 unspecified atom stereocenters. The van der Waals surface area contributed by atoms with Crippen molar-refractivity contribution in [1.82, 2.24) is 5.32 Å². The Hall–Kier alpha value is -1.22. The van der Waals surface area contributed by atoms with Crippen molar-refractivity contribution in [3.05, 3.63) is 28.5 Å². The number of sulfonamides is 1. The smallest absolute Gasteiger partial charge is 0.253 e. The van der Waals surface area contributed by atoms with Crippen molar-refractivity contribution in [1.29, 1.82) is 0 Å². The Morgan fingerprint density at radius 3 is 2.71 bits per heavy atom. The van der Waals surface area contributed by atoms with Gasteiger partial charge in [0.05, 0.1) is 22.7 Å². The molecule has 1 atom stereocenters. The molecule has 0 aromatic heterocycles. The molecule has 1 amide bonds. The minimum absolute atomic E-state index is 0.157. The lowest BCUT2D eigenvalue weighted by atomic mass is 10.0. The summed E-state index contributed by atoms with van der Waals surface area (Å²) < 4.78 is 41.4. The molecule has 1 aliphatic rings. The number of hydrogen-bond acceptors (Lipinski definition) is 4. The van der Waals surface area contributed by atoms with E-state index in [0.29, 0.717) is 19.6 Å². The number of carbonyl (C=O) groups excluding carboxylic acids is 1. The summed E-state index contributed by atoms with van der Waals surface area (Å²) >= 11 is 5.81. The fourth-order valence-electron chi connectivity index (χ4n) is 2.03. The van der Waals surface area contributed by atoms with Gasteiger partial charge in [0.1, 0.15) is 10.7 Å². The maximum absolute atomic E-state index is 13.6. The van der Waals surface area contributed by atoms with Crippen molar-refractivity contribution in [3.63, 3.8) is 0 Å². The average molecular weight is 337 g/mol. The van der Waals surface area contributed by atoms with Gasteiger partial charge in [0, 0.05) is 6.61 Å². The Balaban J connectivity index is 2.37. The van der Waals surface area contributed by atoms with Crippen molar-refractivity contribution in [3.8, 4) is 0 Å². The Morgan fingerprint density at radius 1 is 1.52 bits per heavy atom. The molecule has 2 rings (SSSR count). The highest BCUT2D eigenvalue weighted by molar-refractivity contribution is 7.89. The summed E-state index contributed by atoms with van der Waals surface area (Å²) in [6.45, 7) is 2.63. The van der Waals surface area contributed by atoms with E-state index in [2.05, 4.69) is 5.32 Å². The lowest BCUT2D eigenvalue weighted by Crippen LogP contribution is -2.46. The van der Waals surface area contributed by atoms with Crippen LogP contribution in [0.15, 0.2) is 17.0 Å². The molecule has 0 spiro atoms. The first-order valence-corrected chi connectivity index (χ1v) is 7.97. The lowest BCUT2D eigenvalue weighted by Gasteiger charge is -2.23. The standard InChI is InChI=1S/C12H14ClFN2O4S/c1-12(2-3-20-6-12)16-11(17)7-4-10(21(15,18)19)9(14)5-8(7)13/h4-5H,2-3,6H2,1H3,(H,16,17)(H2,15,18,19). The molecule has 1 saturated heterocycles. The van der Waals surface area contributed by atoms with Gasteiger partial charge >= 0.3 is 0 Å². The van der Waals surface area contributed by atoms with E-state index in [1.165, 1.54) is 0 Å². The summed E-state index contributed by atoms with van der Waals surface area (Å²) in [6.07, 6.45) is 0.611. The molecule has 1 aromatic carbocycles. The van der Waals surface area contributed by atoms with E-state index in [0.717, 1.165) is 12.1 Å². The van der Waals surface area contributed by atoms with Crippen molar-refractivity contribution in [2.45, 2.75) is 23.8 Å². The van der Waals surface area contributed by atoms with Crippen LogP contribution < -0.4 is 10.5 Å². The number of ether oxygens (including phenoxy) is 1. The first-order chi connectivity index (χ1) is 9.62. The van der Waals surface area contributed by atoms with Gasteiger partial charge in [0.15, 0.2) is 0 Å². The molecule has 1 fully saturated rings. The molecule has 21 heavy (non-hydrogen) atoms. The fourth-order valence-corrected chi connectivity index (χ4v) is 2.88. The zero-order valence-electron chi connectivity index (χ0n) is 11.2. The SMILES string of the molecule is CC1(NC(=O)c2cc(S(N)(=O)=O)c(F)cc2Cl)CCOC1. The minimum Gasteiger partial charge on any atom is -0.379 e. The number of hydrogen-bond donors (Lipinski definition) is 2. The van der Waals surface area contributed by atoms with E-state index in [1.54, 1.807) is 6.92 Å². The summed E-state index contributed by atoms with van der Waals surface area (Å²) in [5.74, 6) is -1.72. The van der Waals surface area contributed by atoms with Crippen LogP contribution in [0.5, 0.6) is 0 Å². The van der Waals surface area contributed by atoms with E-state index in [9.17, 15) is 17.6 Å². The van der Waals surface area contributed by atoms with E-state index in [4.69, 9.17) is 21.5 Å². The zero-order valence-corrected chi connectivity index (χ0v) is 12.7. The van der Waals surface area contributed by atoms with Gasteiger partial charge in [-0.15, -0.1) is 0 Å². The third-order valence-electron chi connectivity index (χ3n) is 3.21. The highest BCUT2D eigenvalue weighted by Crippen LogP contribution is 2.25. The number of nitrogens with one attached hydrogen (secondary N) is 1. The quantitative estimate of drug-likeness (QED) is 0.861. The van der Waals surface area contributed by atoms with Gasteiger partial charge in [-0.1, -0.05) is 11.6 Å². The lowest BCUT2D eigenvalue weighted by molar-refractivity contribution is 0.0889. The highest BCUT2D eigenvalue weighted by atomic mass is 35.5. The van der Waals surface area contributed by atoms with Crippen molar-refractivity contribution in [2.24, 2.45) is 5.14 Å². The molecule has 1 heterocycles. The van der Waals surface area contributed by atoms with Crippen molar-refractivity contribution < 1.29 is 22.3 Å². The van der Waals surface area contributed by atoms with Crippen LogP contribution in [-0.2, 0) is 14.8 Å². The van der Waals surface area contributed by atoms with Gasteiger partial charge < -0.3 is 10.1 Å². The summed E-state index contributed by atoms with van der Waals surface area (Å²) in [4.78, 5) is 11.4. The second kappa shape index (κ2) is 5.53. The predicted octanol–water partition coefficient (Wildman–Crippen LogP) is 1.04. The van der Waals surface area contributed by atoms with Gasteiger partial charge in [0.25, 0.3) is 5.91 Å². The Morgan fingerprint density at radius 2 is 2.19 bits per heavy atom. The van der Waals surface area contributed by atoms with E-state index in [-0.39, 0.29) is 10.6 Å². The maximum Gasteiger partial charge on any atom is 0.253 e. The Bertz CT molecular complexity index is 687. The molecule has 0 radical (unpaired) electrons. The van der Waals surface area contributed by atoms with E-state index in [1.807, 2.05) is 0 Å². The summed E-state index contributed by atoms with van der Waals surface area (Å²) in [5, 5.41) is 7.41. The largest absolute Gasteiger partial charge is 0.379 e. The van der Waals surface area contributed by atoms with Crippen LogP contribution in [0.4, 0.5) is 4.39 Å². The Kier molecular flexibility index (Phi) is 4.25. The third kappa shape index (κ3) is 3.52. The predicted molar refractivity (Wildman–Crippen MR) is 74.1 cm³/mol. The highest BCUT2D eigenvalue weighted by Gasteiger charge is 2.32. The van der Waals surface area contributed by atoms with Crippen molar-refractivity contribution >= 4 is 27.5 Å². The van der Waals surface area contributed by atoms with Gasteiger partial charge in [-0.25, -0.2) is 17.9 Å². The second-order valence-electron chi connectivity index (χ2n) is 5.12. The van der Waals surface area contributed by atoms with Crippen molar-refractivity contribution in [2.75, 3.05) is 13.2 Å². The van der Waals surface area contributed by atoms with E-state index < -0.39 is 32.2 Å². The first-order valence-electron chi connectivity index (χ1n) is 6.04. The molecule has 116 valence electrons. The van der Waals surface area contributed by atoms with Gasteiger partial charge in [-0.05, 0) is 25.5 Å². The molecule has 1 aromatic rings. The minimum atomic E-state index is -4.29. The average Bonchev–Trinajstić information content (AvgIpc) is 2.73. The fraction of sp³-hybridized carbons (Fsp3) is 0.417. The van der Waals surface area contributed by atoms with Crippen LogP contribution in [-0.4, -0.2) is 33.1 Å². The van der Waals surface area contributed by atoms with Crippen LogP contribution in [0.2, 0.25) is 5.02 Å². The van der Waals surface area contributed by atoms with Crippen LogP contribution in [0, 0.1) is 5.82 Å². The first kappa shape index (κ1) is 16.2. The van der Waals surface area contributed by atoms with Crippen LogP contribution in [0.3, 0.4) is 0 Å². The van der Waals surface area contributed by atoms with Crippen LogP contribution in [0.25, 0.3) is 0 Å². The number of benzene rings is 1. The zero-order chi connectivity index (χ0) is 15.8. The molecule has 0 bridgehead atoms. The third-order valence-corrected chi connectivity index (χ3v) is 4.45.